The normalized spacial score (nSPS) is 25.1. The number of rotatable bonds is 4. The van der Waals surface area contributed by atoms with Crippen molar-refractivity contribution in [3.05, 3.63) is 34.9 Å². The minimum atomic E-state index is -0.118. The standard InChI is InChI=1S/C22H31N3O2/c26-21(24-13-16-7-8-17-5-1-2-6-18(17)11-16)19-12-20(15-23-14-19)22(27)25-9-3-4-10-25/h7-8,11,19-20,23H,1-6,9-10,12-15H2,(H,24,26). The highest BCUT2D eigenvalue weighted by Crippen LogP contribution is 2.23. The molecule has 0 spiro atoms. The molecule has 0 aromatic heterocycles. The average molecular weight is 370 g/mol. The molecule has 5 nitrogen and oxygen atoms in total. The predicted octanol–water partition coefficient (Wildman–Crippen LogP) is 2.03. The maximum atomic E-state index is 12.7. The van der Waals surface area contributed by atoms with E-state index in [-0.39, 0.29) is 23.7 Å². The molecule has 4 rings (SSSR count). The van der Waals surface area contributed by atoms with Gasteiger partial charge in [0, 0.05) is 32.7 Å². The van der Waals surface area contributed by atoms with E-state index in [9.17, 15) is 9.59 Å². The summed E-state index contributed by atoms with van der Waals surface area (Å²) in [5.74, 6) is 0.121. The van der Waals surface area contributed by atoms with Crippen LogP contribution in [0.15, 0.2) is 18.2 Å². The molecule has 5 heteroatoms. The number of hydrogen-bond donors (Lipinski definition) is 2. The van der Waals surface area contributed by atoms with Crippen LogP contribution in [0.5, 0.6) is 0 Å². The van der Waals surface area contributed by atoms with Crippen molar-refractivity contribution in [3.8, 4) is 0 Å². The van der Waals surface area contributed by atoms with Gasteiger partial charge in [0.15, 0.2) is 0 Å². The van der Waals surface area contributed by atoms with Crippen molar-refractivity contribution in [2.45, 2.75) is 51.5 Å². The number of benzene rings is 1. The molecule has 2 unspecified atom stereocenters. The summed E-state index contributed by atoms with van der Waals surface area (Å²) in [5.41, 5.74) is 4.09. The second-order valence-electron chi connectivity index (χ2n) is 8.35. The lowest BCUT2D eigenvalue weighted by Gasteiger charge is -2.31. The summed E-state index contributed by atoms with van der Waals surface area (Å²) in [6, 6.07) is 6.62. The first kappa shape index (κ1) is 18.5. The lowest BCUT2D eigenvalue weighted by molar-refractivity contribution is -0.136. The van der Waals surface area contributed by atoms with Crippen molar-refractivity contribution in [1.82, 2.24) is 15.5 Å². The number of nitrogens with zero attached hydrogens (tertiary/aromatic N) is 1. The van der Waals surface area contributed by atoms with Gasteiger partial charge in [-0.15, -0.1) is 0 Å². The Morgan fingerprint density at radius 2 is 1.74 bits per heavy atom. The van der Waals surface area contributed by atoms with Crippen LogP contribution in [0.2, 0.25) is 0 Å². The fourth-order valence-corrected chi connectivity index (χ4v) is 4.76. The van der Waals surface area contributed by atoms with Crippen LogP contribution in [0.25, 0.3) is 0 Å². The van der Waals surface area contributed by atoms with Gasteiger partial charge in [-0.05, 0) is 61.6 Å². The summed E-state index contributed by atoms with van der Waals surface area (Å²) in [7, 11) is 0. The van der Waals surface area contributed by atoms with Crippen molar-refractivity contribution in [3.63, 3.8) is 0 Å². The van der Waals surface area contributed by atoms with E-state index in [1.165, 1.54) is 36.0 Å². The van der Waals surface area contributed by atoms with Crippen molar-refractivity contribution in [1.29, 1.82) is 0 Å². The van der Waals surface area contributed by atoms with Crippen LogP contribution < -0.4 is 10.6 Å². The third-order valence-electron chi connectivity index (χ3n) is 6.37. The lowest BCUT2D eigenvalue weighted by atomic mass is 9.88. The zero-order valence-electron chi connectivity index (χ0n) is 16.1. The number of aryl methyl sites for hydroxylation is 2. The topological polar surface area (TPSA) is 61.4 Å². The summed E-state index contributed by atoms with van der Waals surface area (Å²) in [6.45, 7) is 3.70. The van der Waals surface area contributed by atoms with Gasteiger partial charge in [0.2, 0.25) is 11.8 Å². The zero-order chi connectivity index (χ0) is 18.6. The van der Waals surface area contributed by atoms with E-state index in [0.717, 1.165) is 32.4 Å². The maximum Gasteiger partial charge on any atom is 0.226 e. The summed E-state index contributed by atoms with van der Waals surface area (Å²) >= 11 is 0. The third-order valence-corrected chi connectivity index (χ3v) is 6.37. The quantitative estimate of drug-likeness (QED) is 0.854. The van der Waals surface area contributed by atoms with E-state index < -0.39 is 0 Å². The SMILES string of the molecule is O=C(NCc1ccc2c(c1)CCCC2)C1CNCC(C(=O)N2CCCC2)C1. The van der Waals surface area contributed by atoms with Crippen LogP contribution in [-0.4, -0.2) is 42.9 Å². The van der Waals surface area contributed by atoms with E-state index in [1.807, 2.05) is 4.90 Å². The van der Waals surface area contributed by atoms with E-state index in [1.54, 1.807) is 0 Å². The third kappa shape index (κ3) is 4.34. The molecule has 2 heterocycles. The van der Waals surface area contributed by atoms with Gasteiger partial charge in [-0.2, -0.15) is 0 Å². The number of hydrogen-bond acceptors (Lipinski definition) is 3. The van der Waals surface area contributed by atoms with Crippen LogP contribution in [0.4, 0.5) is 0 Å². The van der Waals surface area contributed by atoms with Crippen molar-refractivity contribution >= 4 is 11.8 Å². The van der Waals surface area contributed by atoms with E-state index in [4.69, 9.17) is 0 Å². The minimum Gasteiger partial charge on any atom is -0.352 e. The van der Waals surface area contributed by atoms with Crippen LogP contribution in [0.3, 0.4) is 0 Å². The first-order valence-electron chi connectivity index (χ1n) is 10.6. The fourth-order valence-electron chi connectivity index (χ4n) is 4.76. The number of fused-ring (bicyclic) bond motifs is 1. The van der Waals surface area contributed by atoms with Crippen molar-refractivity contribution in [2.75, 3.05) is 26.2 Å². The zero-order valence-corrected chi connectivity index (χ0v) is 16.1. The second-order valence-corrected chi connectivity index (χ2v) is 8.35. The molecule has 2 fully saturated rings. The van der Waals surface area contributed by atoms with Gasteiger partial charge in [-0.3, -0.25) is 9.59 Å². The summed E-state index contributed by atoms with van der Waals surface area (Å²) < 4.78 is 0. The number of nitrogens with one attached hydrogen (secondary N) is 2. The molecule has 3 aliphatic rings. The van der Waals surface area contributed by atoms with Gasteiger partial charge >= 0.3 is 0 Å². The van der Waals surface area contributed by atoms with Crippen LogP contribution in [-0.2, 0) is 29.0 Å². The smallest absolute Gasteiger partial charge is 0.226 e. The molecular weight excluding hydrogens is 338 g/mol. The van der Waals surface area contributed by atoms with Gasteiger partial charge in [0.25, 0.3) is 0 Å². The first-order valence-corrected chi connectivity index (χ1v) is 10.6. The number of likely N-dealkylation sites (tertiary alicyclic amines) is 1. The molecule has 146 valence electrons. The van der Waals surface area contributed by atoms with Gasteiger partial charge < -0.3 is 15.5 Å². The molecule has 1 aromatic rings. The first-order chi connectivity index (χ1) is 13.2. The lowest BCUT2D eigenvalue weighted by Crippen LogP contribution is -2.48. The molecule has 2 amide bonds. The molecule has 2 aliphatic heterocycles. The van der Waals surface area contributed by atoms with E-state index >= 15 is 0 Å². The Hall–Kier alpha value is -1.88. The van der Waals surface area contributed by atoms with Gasteiger partial charge in [-0.25, -0.2) is 0 Å². The molecule has 0 radical (unpaired) electrons. The highest BCUT2D eigenvalue weighted by Gasteiger charge is 2.33. The second kappa shape index (κ2) is 8.42. The van der Waals surface area contributed by atoms with Crippen LogP contribution in [0.1, 0.15) is 48.8 Å². The molecule has 27 heavy (non-hydrogen) atoms. The summed E-state index contributed by atoms with van der Waals surface area (Å²) in [6.07, 6.45) is 7.77. The Bertz CT molecular complexity index is 697. The number of carbonyl (C=O) groups is 2. The van der Waals surface area contributed by atoms with Crippen LogP contribution >= 0.6 is 0 Å². The van der Waals surface area contributed by atoms with Gasteiger partial charge in [-0.1, -0.05) is 18.2 Å². The fraction of sp³-hybridized carbons (Fsp3) is 0.636. The van der Waals surface area contributed by atoms with Gasteiger partial charge in [0.1, 0.15) is 0 Å². The average Bonchev–Trinajstić information content (AvgIpc) is 3.26. The van der Waals surface area contributed by atoms with Crippen LogP contribution in [0, 0.1) is 11.8 Å². The predicted molar refractivity (Wildman–Crippen MR) is 105 cm³/mol. The molecule has 2 atom stereocenters. The molecule has 2 saturated heterocycles. The Morgan fingerprint density at radius 3 is 2.56 bits per heavy atom. The summed E-state index contributed by atoms with van der Waals surface area (Å²) in [4.78, 5) is 27.3. The Morgan fingerprint density at radius 1 is 1.00 bits per heavy atom. The molecule has 1 aliphatic carbocycles. The number of amides is 2. The number of carbonyl (C=O) groups excluding carboxylic acids is 2. The Balaban J connectivity index is 1.30. The van der Waals surface area contributed by atoms with Crippen molar-refractivity contribution < 1.29 is 9.59 Å². The monoisotopic (exact) mass is 369 g/mol. The summed E-state index contributed by atoms with van der Waals surface area (Å²) in [5, 5.41) is 6.40. The highest BCUT2D eigenvalue weighted by molar-refractivity contribution is 5.83. The Kier molecular flexibility index (Phi) is 5.77. The molecular formula is C22H31N3O2. The van der Waals surface area contributed by atoms with Gasteiger partial charge in [0.05, 0.1) is 11.8 Å². The van der Waals surface area contributed by atoms with Crippen molar-refractivity contribution in [2.24, 2.45) is 11.8 Å². The molecule has 1 aromatic carbocycles. The maximum absolute atomic E-state index is 12.7. The minimum absolute atomic E-state index is 0.0589. The Labute approximate surface area is 161 Å². The number of piperidine rings is 1. The van der Waals surface area contributed by atoms with E-state index in [0.29, 0.717) is 26.1 Å². The van der Waals surface area contributed by atoms with E-state index in [2.05, 4.69) is 28.8 Å². The molecule has 0 bridgehead atoms. The largest absolute Gasteiger partial charge is 0.352 e. The molecule has 0 saturated carbocycles. The highest BCUT2D eigenvalue weighted by atomic mass is 16.2. The molecule has 2 N–H and O–H groups in total.